The number of aliphatic hydroxyl groups excluding tert-OH is 1. The Balaban J connectivity index is 1.97. The first-order chi connectivity index (χ1) is 10.9. The van der Waals surface area contributed by atoms with Gasteiger partial charge in [-0.05, 0) is 50.1 Å². The van der Waals surface area contributed by atoms with Gasteiger partial charge in [0.05, 0.1) is 10.4 Å². The van der Waals surface area contributed by atoms with Crippen LogP contribution in [-0.4, -0.2) is 22.6 Å². The molecule has 0 saturated heterocycles. The van der Waals surface area contributed by atoms with Crippen molar-refractivity contribution in [1.29, 1.82) is 0 Å². The fraction of sp³-hybridized carbons (Fsp3) is 0.412. The molecule has 23 heavy (non-hydrogen) atoms. The molecule has 1 heterocycles. The molecule has 1 unspecified atom stereocenters. The number of aliphatic hydroxyl groups is 1. The summed E-state index contributed by atoms with van der Waals surface area (Å²) in [6.45, 7) is 5.22. The Labute approximate surface area is 144 Å². The first-order valence-corrected chi connectivity index (χ1v) is 8.67. The van der Waals surface area contributed by atoms with Crippen molar-refractivity contribution in [1.82, 2.24) is 4.90 Å². The van der Waals surface area contributed by atoms with Gasteiger partial charge in [0.15, 0.2) is 11.6 Å². The highest BCUT2D eigenvalue weighted by Gasteiger charge is 2.16. The molecule has 0 fully saturated rings. The monoisotopic (exact) mass is 359 g/mol. The number of thiophene rings is 1. The van der Waals surface area contributed by atoms with E-state index in [2.05, 4.69) is 4.90 Å². The molecule has 1 atom stereocenters. The van der Waals surface area contributed by atoms with Gasteiger partial charge in [-0.15, -0.1) is 11.3 Å². The van der Waals surface area contributed by atoms with Crippen molar-refractivity contribution in [2.75, 3.05) is 6.54 Å². The average molecular weight is 360 g/mol. The molecule has 0 bridgehead atoms. The van der Waals surface area contributed by atoms with Crippen LogP contribution in [0.3, 0.4) is 0 Å². The number of nitrogens with zero attached hydrogens (tertiary/aromatic N) is 1. The lowest BCUT2D eigenvalue weighted by Crippen LogP contribution is -2.32. The van der Waals surface area contributed by atoms with Crippen LogP contribution in [0.4, 0.5) is 8.78 Å². The molecule has 0 aliphatic carbocycles. The Morgan fingerprint density at radius 1 is 1.17 bits per heavy atom. The second kappa shape index (κ2) is 8.20. The van der Waals surface area contributed by atoms with Crippen molar-refractivity contribution >= 4 is 22.9 Å². The van der Waals surface area contributed by atoms with Crippen LogP contribution in [0.5, 0.6) is 0 Å². The normalized spacial score (nSPS) is 13.0. The minimum absolute atomic E-state index is 0.224. The molecular formula is C17H20ClF2NOS. The molecule has 0 aliphatic heterocycles. The van der Waals surface area contributed by atoms with E-state index >= 15 is 0 Å². The molecule has 1 aromatic heterocycles. The molecule has 1 N–H and O–H groups in total. The summed E-state index contributed by atoms with van der Waals surface area (Å²) in [5, 5.41) is 10.2. The summed E-state index contributed by atoms with van der Waals surface area (Å²) in [5.41, 5.74) is 0.714. The van der Waals surface area contributed by atoms with Gasteiger partial charge in [-0.3, -0.25) is 4.90 Å². The summed E-state index contributed by atoms with van der Waals surface area (Å²) in [6, 6.07) is 7.77. The van der Waals surface area contributed by atoms with Crippen molar-refractivity contribution in [3.8, 4) is 0 Å². The topological polar surface area (TPSA) is 23.5 Å². The molecular weight excluding hydrogens is 340 g/mol. The van der Waals surface area contributed by atoms with Crippen molar-refractivity contribution in [3.05, 3.63) is 56.7 Å². The third kappa shape index (κ3) is 5.24. The molecule has 2 rings (SSSR count). The van der Waals surface area contributed by atoms with E-state index in [9.17, 15) is 13.9 Å². The smallest absolute Gasteiger partial charge is 0.159 e. The summed E-state index contributed by atoms with van der Waals surface area (Å²) in [5.74, 6) is -1.67. The van der Waals surface area contributed by atoms with Crippen LogP contribution < -0.4 is 0 Å². The minimum Gasteiger partial charge on any atom is -0.388 e. The van der Waals surface area contributed by atoms with E-state index in [1.165, 1.54) is 17.4 Å². The van der Waals surface area contributed by atoms with Crippen LogP contribution in [0.25, 0.3) is 0 Å². The number of benzene rings is 1. The van der Waals surface area contributed by atoms with E-state index in [0.29, 0.717) is 29.4 Å². The van der Waals surface area contributed by atoms with Crippen molar-refractivity contribution in [3.63, 3.8) is 0 Å². The summed E-state index contributed by atoms with van der Waals surface area (Å²) >= 11 is 7.25. The zero-order valence-electron chi connectivity index (χ0n) is 13.1. The molecule has 0 aliphatic rings. The van der Waals surface area contributed by atoms with Gasteiger partial charge in [0.1, 0.15) is 0 Å². The molecule has 6 heteroatoms. The van der Waals surface area contributed by atoms with Gasteiger partial charge in [0.25, 0.3) is 0 Å². The van der Waals surface area contributed by atoms with Crippen molar-refractivity contribution in [2.24, 2.45) is 0 Å². The van der Waals surface area contributed by atoms with E-state index in [0.717, 1.165) is 10.9 Å². The number of hydrogen-bond donors (Lipinski definition) is 1. The van der Waals surface area contributed by atoms with Crippen molar-refractivity contribution in [2.45, 2.75) is 39.0 Å². The summed E-state index contributed by atoms with van der Waals surface area (Å²) in [7, 11) is 0. The Hall–Kier alpha value is -1.01. The number of halogens is 3. The highest BCUT2D eigenvalue weighted by Crippen LogP contribution is 2.29. The Bertz CT molecular complexity index is 647. The van der Waals surface area contributed by atoms with E-state index in [4.69, 9.17) is 11.6 Å². The van der Waals surface area contributed by atoms with E-state index < -0.39 is 17.7 Å². The predicted molar refractivity (Wildman–Crippen MR) is 90.8 cm³/mol. The zero-order chi connectivity index (χ0) is 17.0. The maximum absolute atomic E-state index is 13.3. The van der Waals surface area contributed by atoms with Gasteiger partial charge in [0, 0.05) is 24.0 Å². The van der Waals surface area contributed by atoms with Crippen LogP contribution in [0.15, 0.2) is 30.3 Å². The van der Waals surface area contributed by atoms with Crippen LogP contribution in [0.1, 0.15) is 36.8 Å². The van der Waals surface area contributed by atoms with Crippen LogP contribution in [-0.2, 0) is 6.54 Å². The lowest BCUT2D eigenvalue weighted by molar-refractivity contribution is 0.129. The average Bonchev–Trinajstić information content (AvgIpc) is 2.93. The van der Waals surface area contributed by atoms with Gasteiger partial charge >= 0.3 is 0 Å². The Kier molecular flexibility index (Phi) is 6.53. The van der Waals surface area contributed by atoms with Gasteiger partial charge in [0.2, 0.25) is 0 Å². The maximum Gasteiger partial charge on any atom is 0.159 e. The maximum atomic E-state index is 13.3. The summed E-state index contributed by atoms with van der Waals surface area (Å²) < 4.78 is 27.0. The van der Waals surface area contributed by atoms with Gasteiger partial charge in [-0.2, -0.15) is 0 Å². The standard InChI is InChI=1S/C17H20ClF2NOS/c1-11(2)21(10-12-3-4-13(19)14(20)9-12)8-7-15(22)16-5-6-17(18)23-16/h3-6,9,11,15,22H,7-8,10H2,1-2H3. The molecule has 0 spiro atoms. The molecule has 1 aromatic carbocycles. The van der Waals surface area contributed by atoms with Gasteiger partial charge in [-0.1, -0.05) is 17.7 Å². The summed E-state index contributed by atoms with van der Waals surface area (Å²) in [6.07, 6.45) is -0.0164. The summed E-state index contributed by atoms with van der Waals surface area (Å²) in [4.78, 5) is 2.96. The lowest BCUT2D eigenvalue weighted by Gasteiger charge is -2.27. The largest absolute Gasteiger partial charge is 0.388 e. The fourth-order valence-electron chi connectivity index (χ4n) is 2.33. The van der Waals surface area contributed by atoms with E-state index in [-0.39, 0.29) is 6.04 Å². The highest BCUT2D eigenvalue weighted by atomic mass is 35.5. The SMILES string of the molecule is CC(C)N(CCC(O)c1ccc(Cl)s1)Cc1ccc(F)c(F)c1. The first-order valence-electron chi connectivity index (χ1n) is 7.48. The second-order valence-corrected chi connectivity index (χ2v) is 7.51. The molecule has 2 nitrogen and oxygen atoms in total. The second-order valence-electron chi connectivity index (χ2n) is 5.76. The first kappa shape index (κ1) is 18.3. The fourth-order valence-corrected chi connectivity index (χ4v) is 3.41. The van der Waals surface area contributed by atoms with Crippen LogP contribution >= 0.6 is 22.9 Å². The van der Waals surface area contributed by atoms with E-state index in [1.54, 1.807) is 12.1 Å². The number of hydrogen-bond acceptors (Lipinski definition) is 3. The third-order valence-corrected chi connectivity index (χ3v) is 5.04. The molecule has 0 radical (unpaired) electrons. The molecule has 0 saturated carbocycles. The lowest BCUT2D eigenvalue weighted by atomic mass is 10.1. The number of rotatable bonds is 7. The highest BCUT2D eigenvalue weighted by molar-refractivity contribution is 7.16. The zero-order valence-corrected chi connectivity index (χ0v) is 14.7. The van der Waals surface area contributed by atoms with Gasteiger partial charge < -0.3 is 5.11 Å². The Morgan fingerprint density at radius 3 is 2.48 bits per heavy atom. The third-order valence-electron chi connectivity index (χ3n) is 3.71. The Morgan fingerprint density at radius 2 is 1.91 bits per heavy atom. The van der Waals surface area contributed by atoms with Gasteiger partial charge in [-0.25, -0.2) is 8.78 Å². The van der Waals surface area contributed by atoms with Crippen molar-refractivity contribution < 1.29 is 13.9 Å². The minimum atomic E-state index is -0.838. The predicted octanol–water partition coefficient (Wildman–Crippen LogP) is 5.01. The van der Waals surface area contributed by atoms with E-state index in [1.807, 2.05) is 19.9 Å². The molecule has 0 amide bonds. The molecule has 126 valence electrons. The van der Waals surface area contributed by atoms with Crippen LogP contribution in [0, 0.1) is 11.6 Å². The molecule has 2 aromatic rings. The van der Waals surface area contributed by atoms with Crippen LogP contribution in [0.2, 0.25) is 4.34 Å². The quantitative estimate of drug-likeness (QED) is 0.750.